The van der Waals surface area contributed by atoms with Gasteiger partial charge in [0.15, 0.2) is 0 Å². The van der Waals surface area contributed by atoms with E-state index >= 15 is 0 Å². The van der Waals surface area contributed by atoms with E-state index < -0.39 is 0 Å². The normalized spacial score (nSPS) is 23.6. The average molecular weight is 764 g/mol. The second kappa shape index (κ2) is 23.4. The van der Waals surface area contributed by atoms with E-state index in [1.165, 1.54) is 128 Å². The molecule has 6 heteroatoms. The van der Waals surface area contributed by atoms with Gasteiger partial charge >= 0.3 is 0 Å². The molecular weight excluding hydrogens is 712 g/mol. The third-order valence-corrected chi connectivity index (χ3v) is 6.60. The Hall–Kier alpha value is 1.22. The molecule has 4 nitrogen and oxygen atoms in total. The topological polar surface area (TPSA) is 104 Å². The fourth-order valence-electron chi connectivity index (χ4n) is 4.54. The molecule has 0 aliphatic heterocycles. The van der Waals surface area contributed by atoms with Crippen molar-refractivity contribution in [2.24, 2.45) is 22.9 Å². The fraction of sp³-hybridized carbons (Fsp3) is 1.00. The van der Waals surface area contributed by atoms with Gasteiger partial charge in [-0.05, 0) is 51.4 Å². The standard InChI is InChI=1S/4C6H13N.2W/c4*7-6-4-2-1-3-5-6;;/h4*6H,1-5,7H2;;. The minimum Gasteiger partial charge on any atom is -0.328 e. The first-order valence-corrected chi connectivity index (χ1v) is 12.6. The summed E-state index contributed by atoms with van der Waals surface area (Å²) in [6, 6.07) is 2.14. The molecule has 4 aliphatic rings. The van der Waals surface area contributed by atoms with Gasteiger partial charge in [0.05, 0.1) is 0 Å². The Morgan fingerprint density at radius 1 is 0.267 bits per heavy atom. The van der Waals surface area contributed by atoms with Crippen LogP contribution in [0.25, 0.3) is 0 Å². The van der Waals surface area contributed by atoms with Gasteiger partial charge in [0, 0.05) is 66.3 Å². The van der Waals surface area contributed by atoms with Crippen molar-refractivity contribution < 1.29 is 42.1 Å². The predicted octanol–water partition coefficient (Wildman–Crippen LogP) is 5.11. The van der Waals surface area contributed by atoms with Crippen molar-refractivity contribution in [3.05, 3.63) is 0 Å². The van der Waals surface area contributed by atoms with E-state index in [9.17, 15) is 0 Å². The van der Waals surface area contributed by atoms with E-state index in [2.05, 4.69) is 0 Å². The van der Waals surface area contributed by atoms with Crippen molar-refractivity contribution in [1.82, 2.24) is 0 Å². The smallest absolute Gasteiger partial charge is 0.00388 e. The molecule has 0 aromatic heterocycles. The molecular formula is C24H52N4W2. The zero-order valence-corrected chi connectivity index (χ0v) is 25.4. The van der Waals surface area contributed by atoms with Crippen molar-refractivity contribution in [2.45, 2.75) is 153 Å². The number of hydrogen-bond acceptors (Lipinski definition) is 4. The molecule has 0 saturated heterocycles. The average Bonchev–Trinajstić information content (AvgIpc) is 2.72. The van der Waals surface area contributed by atoms with Crippen molar-refractivity contribution in [1.29, 1.82) is 0 Å². The summed E-state index contributed by atoms with van der Waals surface area (Å²) < 4.78 is 0. The number of rotatable bonds is 0. The molecule has 4 saturated carbocycles. The third kappa shape index (κ3) is 21.1. The Kier molecular flexibility index (Phi) is 26.0. The van der Waals surface area contributed by atoms with Crippen LogP contribution in [0.4, 0.5) is 0 Å². The van der Waals surface area contributed by atoms with Gasteiger partial charge in [0.2, 0.25) is 0 Å². The number of nitrogens with two attached hydrogens (primary N) is 4. The van der Waals surface area contributed by atoms with E-state index in [0.29, 0.717) is 24.2 Å². The molecule has 0 radical (unpaired) electrons. The summed E-state index contributed by atoms with van der Waals surface area (Å²) >= 11 is 0. The molecule has 0 heterocycles. The van der Waals surface area contributed by atoms with Crippen LogP contribution in [0.5, 0.6) is 0 Å². The van der Waals surface area contributed by atoms with E-state index in [0.717, 1.165) is 0 Å². The van der Waals surface area contributed by atoms with Gasteiger partial charge < -0.3 is 22.9 Å². The summed E-state index contributed by atoms with van der Waals surface area (Å²) in [6.45, 7) is 0. The molecule has 4 aliphatic carbocycles. The quantitative estimate of drug-likeness (QED) is 0.276. The Morgan fingerprint density at radius 3 is 0.467 bits per heavy atom. The minimum atomic E-state index is 0. The summed E-state index contributed by atoms with van der Waals surface area (Å²) in [6.07, 6.45) is 26.7. The van der Waals surface area contributed by atoms with Crippen LogP contribution in [0, 0.1) is 0 Å². The molecule has 0 atom stereocenters. The Balaban J connectivity index is 0. The molecule has 0 unspecified atom stereocenters. The molecule has 0 aromatic rings. The second-order valence-corrected chi connectivity index (χ2v) is 9.59. The van der Waals surface area contributed by atoms with Crippen LogP contribution in [0.15, 0.2) is 0 Å². The molecule has 30 heavy (non-hydrogen) atoms. The molecule has 0 spiro atoms. The Morgan fingerprint density at radius 2 is 0.400 bits per heavy atom. The van der Waals surface area contributed by atoms with Gasteiger partial charge in [-0.15, -0.1) is 0 Å². The first-order chi connectivity index (χ1) is 13.6. The van der Waals surface area contributed by atoms with Gasteiger partial charge in [0.1, 0.15) is 0 Å². The van der Waals surface area contributed by atoms with Gasteiger partial charge in [-0.1, -0.05) is 77.0 Å². The fourth-order valence-corrected chi connectivity index (χ4v) is 4.54. The van der Waals surface area contributed by atoms with Gasteiger partial charge in [-0.2, -0.15) is 0 Å². The maximum absolute atomic E-state index is 5.63. The van der Waals surface area contributed by atoms with Gasteiger partial charge in [0.25, 0.3) is 0 Å². The van der Waals surface area contributed by atoms with Crippen LogP contribution in [-0.4, -0.2) is 24.2 Å². The maximum Gasteiger partial charge on any atom is 0.00388 e. The summed E-state index contributed by atoms with van der Waals surface area (Å²) in [5.74, 6) is 0. The third-order valence-electron chi connectivity index (χ3n) is 6.60. The molecule has 0 amide bonds. The van der Waals surface area contributed by atoms with E-state index in [4.69, 9.17) is 22.9 Å². The van der Waals surface area contributed by atoms with Crippen LogP contribution in [0.3, 0.4) is 0 Å². The zero-order valence-electron chi connectivity index (χ0n) is 19.6. The summed E-state index contributed by atoms with van der Waals surface area (Å²) in [7, 11) is 0. The van der Waals surface area contributed by atoms with E-state index in [1.807, 2.05) is 0 Å². The molecule has 180 valence electrons. The van der Waals surface area contributed by atoms with Crippen molar-refractivity contribution in [2.75, 3.05) is 0 Å². The van der Waals surface area contributed by atoms with Gasteiger partial charge in [-0.3, -0.25) is 0 Å². The monoisotopic (exact) mass is 764 g/mol. The second-order valence-electron chi connectivity index (χ2n) is 9.59. The van der Waals surface area contributed by atoms with Gasteiger partial charge in [-0.25, -0.2) is 0 Å². The van der Waals surface area contributed by atoms with Crippen LogP contribution in [-0.2, 0) is 42.1 Å². The van der Waals surface area contributed by atoms with Crippen molar-refractivity contribution in [3.63, 3.8) is 0 Å². The first-order valence-electron chi connectivity index (χ1n) is 12.6. The van der Waals surface area contributed by atoms with Crippen LogP contribution in [0.1, 0.15) is 128 Å². The molecule has 4 fully saturated rings. The SMILES string of the molecule is NC1CCCCC1.NC1CCCCC1.NC1CCCCC1.NC1CCCCC1.[W].[W]. The molecule has 0 bridgehead atoms. The van der Waals surface area contributed by atoms with Crippen molar-refractivity contribution >= 4 is 0 Å². The molecule has 0 aromatic carbocycles. The number of hydrogen-bond donors (Lipinski definition) is 4. The van der Waals surface area contributed by atoms with Crippen LogP contribution < -0.4 is 22.9 Å². The molecule has 8 N–H and O–H groups in total. The summed E-state index contributed by atoms with van der Waals surface area (Å²) in [4.78, 5) is 0. The largest absolute Gasteiger partial charge is 0.328 e. The maximum atomic E-state index is 5.63. The molecule has 4 rings (SSSR count). The zero-order chi connectivity index (χ0) is 20.5. The Bertz CT molecular complexity index is 259. The Labute approximate surface area is 216 Å². The van der Waals surface area contributed by atoms with Crippen LogP contribution in [0.2, 0.25) is 0 Å². The minimum absolute atomic E-state index is 0. The first kappa shape index (κ1) is 33.4. The van der Waals surface area contributed by atoms with E-state index in [-0.39, 0.29) is 42.1 Å². The van der Waals surface area contributed by atoms with Crippen molar-refractivity contribution in [3.8, 4) is 0 Å². The summed E-state index contributed by atoms with van der Waals surface area (Å²) in [5.41, 5.74) is 22.5. The van der Waals surface area contributed by atoms with E-state index in [1.54, 1.807) is 0 Å². The summed E-state index contributed by atoms with van der Waals surface area (Å²) in [5, 5.41) is 0. The van der Waals surface area contributed by atoms with Crippen LogP contribution >= 0.6 is 0 Å². The predicted molar refractivity (Wildman–Crippen MR) is 124 cm³/mol.